The van der Waals surface area contributed by atoms with Gasteiger partial charge in [0.1, 0.15) is 17.7 Å². The van der Waals surface area contributed by atoms with Gasteiger partial charge in [0, 0.05) is 19.5 Å². The molecule has 5 atom stereocenters. The van der Waals surface area contributed by atoms with Crippen molar-refractivity contribution < 1.29 is 38.1 Å². The SMILES string of the molecule is COc1ccc(C[C@H](NC(=O)[C@@H](C)NC(=O)CC2CNCCO2)C(=O)N[C@@H](Cc2ccccc2)C(=O)[C@]2(C)CO2)cc1OC. The van der Waals surface area contributed by atoms with E-state index in [1.165, 1.54) is 14.2 Å². The fraction of sp³-hybridized carbons (Fsp3) is 0.500. The maximum absolute atomic E-state index is 13.8. The van der Waals surface area contributed by atoms with Crippen LogP contribution in [-0.2, 0) is 41.5 Å². The molecule has 2 fully saturated rings. The Morgan fingerprint density at radius 3 is 2.25 bits per heavy atom. The third kappa shape index (κ3) is 9.01. The van der Waals surface area contributed by atoms with E-state index in [4.69, 9.17) is 18.9 Å². The molecule has 0 saturated carbocycles. The van der Waals surface area contributed by atoms with Crippen molar-refractivity contribution in [3.63, 3.8) is 0 Å². The summed E-state index contributed by atoms with van der Waals surface area (Å²) in [5, 5.41) is 11.5. The number of benzene rings is 2. The molecule has 4 rings (SSSR count). The van der Waals surface area contributed by atoms with E-state index < -0.39 is 35.5 Å². The second-order valence-corrected chi connectivity index (χ2v) is 11.3. The van der Waals surface area contributed by atoms with Crippen LogP contribution in [0.3, 0.4) is 0 Å². The summed E-state index contributed by atoms with van der Waals surface area (Å²) >= 11 is 0. The quantitative estimate of drug-likeness (QED) is 0.213. The van der Waals surface area contributed by atoms with Gasteiger partial charge < -0.3 is 40.2 Å². The highest BCUT2D eigenvalue weighted by atomic mass is 16.6. The lowest BCUT2D eigenvalue weighted by atomic mass is 9.94. The average molecular weight is 611 g/mol. The smallest absolute Gasteiger partial charge is 0.243 e. The van der Waals surface area contributed by atoms with Crippen molar-refractivity contribution in [2.45, 2.75) is 62.9 Å². The normalized spacial score (nSPS) is 21.2. The van der Waals surface area contributed by atoms with E-state index >= 15 is 0 Å². The van der Waals surface area contributed by atoms with E-state index in [1.807, 2.05) is 30.3 Å². The largest absolute Gasteiger partial charge is 0.493 e. The number of hydrogen-bond donors (Lipinski definition) is 4. The van der Waals surface area contributed by atoms with Crippen LogP contribution in [0.1, 0.15) is 31.4 Å². The highest BCUT2D eigenvalue weighted by Gasteiger charge is 2.50. The zero-order valence-electron chi connectivity index (χ0n) is 25.6. The first-order valence-corrected chi connectivity index (χ1v) is 14.8. The molecule has 238 valence electrons. The Balaban J connectivity index is 1.50. The van der Waals surface area contributed by atoms with Gasteiger partial charge in [-0.25, -0.2) is 0 Å². The van der Waals surface area contributed by atoms with E-state index in [1.54, 1.807) is 32.0 Å². The second-order valence-electron chi connectivity index (χ2n) is 11.3. The Hall–Kier alpha value is -4.00. The van der Waals surface area contributed by atoms with Crippen LogP contribution in [0, 0.1) is 0 Å². The fourth-order valence-corrected chi connectivity index (χ4v) is 5.02. The van der Waals surface area contributed by atoms with Gasteiger partial charge in [-0.3, -0.25) is 19.2 Å². The second kappa shape index (κ2) is 15.1. The molecule has 44 heavy (non-hydrogen) atoms. The summed E-state index contributed by atoms with van der Waals surface area (Å²) in [4.78, 5) is 53.1. The molecule has 2 aliphatic heterocycles. The first-order chi connectivity index (χ1) is 21.1. The number of hydrogen-bond acceptors (Lipinski definition) is 9. The molecular formula is C32H42N4O8. The highest BCUT2D eigenvalue weighted by Crippen LogP contribution is 2.30. The number of morpholine rings is 1. The molecule has 0 spiro atoms. The minimum atomic E-state index is -1.08. The first kappa shape index (κ1) is 32.9. The van der Waals surface area contributed by atoms with E-state index in [-0.39, 0.29) is 43.7 Å². The molecule has 2 aromatic carbocycles. The van der Waals surface area contributed by atoms with E-state index in [9.17, 15) is 19.2 Å². The van der Waals surface area contributed by atoms with Gasteiger partial charge in [0.25, 0.3) is 0 Å². The van der Waals surface area contributed by atoms with Crippen LogP contribution in [0.5, 0.6) is 11.5 Å². The number of carbonyl (C=O) groups is 4. The minimum Gasteiger partial charge on any atom is -0.493 e. The van der Waals surface area contributed by atoms with Gasteiger partial charge in [0.15, 0.2) is 17.3 Å². The number of ketones is 1. The number of ether oxygens (including phenoxy) is 4. The maximum Gasteiger partial charge on any atom is 0.243 e. The monoisotopic (exact) mass is 610 g/mol. The van der Waals surface area contributed by atoms with Crippen molar-refractivity contribution in [2.24, 2.45) is 0 Å². The lowest BCUT2D eigenvalue weighted by Crippen LogP contribution is -2.57. The molecule has 0 bridgehead atoms. The Kier molecular flexibility index (Phi) is 11.3. The first-order valence-electron chi connectivity index (χ1n) is 14.8. The van der Waals surface area contributed by atoms with Gasteiger partial charge in [-0.05, 0) is 43.5 Å². The van der Waals surface area contributed by atoms with Crippen molar-refractivity contribution >= 4 is 23.5 Å². The number of amides is 3. The van der Waals surface area contributed by atoms with Crippen molar-refractivity contribution in [1.82, 2.24) is 21.3 Å². The lowest BCUT2D eigenvalue weighted by molar-refractivity contribution is -0.134. The van der Waals surface area contributed by atoms with Gasteiger partial charge in [-0.2, -0.15) is 0 Å². The maximum atomic E-state index is 13.8. The van der Waals surface area contributed by atoms with Crippen molar-refractivity contribution in [3.8, 4) is 11.5 Å². The number of Topliss-reactive ketones (excluding diaryl/α,β-unsaturated/α-hetero) is 1. The number of carbonyl (C=O) groups excluding carboxylic acids is 4. The predicted molar refractivity (Wildman–Crippen MR) is 161 cm³/mol. The minimum absolute atomic E-state index is 0.0835. The van der Waals surface area contributed by atoms with Gasteiger partial charge in [-0.15, -0.1) is 0 Å². The van der Waals surface area contributed by atoms with Gasteiger partial charge in [-0.1, -0.05) is 36.4 Å². The average Bonchev–Trinajstić information content (AvgIpc) is 3.78. The summed E-state index contributed by atoms with van der Waals surface area (Å²) in [6.45, 7) is 5.31. The van der Waals surface area contributed by atoms with Crippen LogP contribution in [0.25, 0.3) is 0 Å². The molecule has 0 aromatic heterocycles. The molecule has 2 saturated heterocycles. The molecule has 2 aliphatic rings. The highest BCUT2D eigenvalue weighted by molar-refractivity contribution is 5.98. The third-order valence-electron chi connectivity index (χ3n) is 7.72. The standard InChI is InChI=1S/C32H42N4O8/c1-20(34-28(37)17-23-18-33-12-13-43-23)30(39)36-25(15-22-10-11-26(41-3)27(16-22)42-4)31(40)35-24(29(38)32(2)19-44-32)14-21-8-6-5-7-9-21/h5-11,16,20,23-25,33H,12-15,17-19H2,1-4H3,(H,34,37)(H,35,40)(H,36,39)/t20-,23?,24+,25+,32+/m1/s1. The third-order valence-corrected chi connectivity index (χ3v) is 7.72. The number of epoxide rings is 1. The molecule has 12 nitrogen and oxygen atoms in total. The Morgan fingerprint density at radius 2 is 1.61 bits per heavy atom. The number of rotatable bonds is 15. The molecular weight excluding hydrogens is 568 g/mol. The summed E-state index contributed by atoms with van der Waals surface area (Å²) in [5.41, 5.74) is 0.583. The number of methoxy groups -OCH3 is 2. The lowest BCUT2D eigenvalue weighted by Gasteiger charge is -2.26. The topological polar surface area (TPSA) is 157 Å². The molecule has 1 unspecified atom stereocenters. The fourth-order valence-electron chi connectivity index (χ4n) is 5.02. The molecule has 4 N–H and O–H groups in total. The zero-order chi connectivity index (χ0) is 31.7. The summed E-state index contributed by atoms with van der Waals surface area (Å²) in [6, 6.07) is 11.7. The van der Waals surface area contributed by atoms with Crippen LogP contribution < -0.4 is 30.7 Å². The van der Waals surface area contributed by atoms with Gasteiger partial charge in [0.05, 0.1) is 46.0 Å². The molecule has 2 aromatic rings. The Bertz CT molecular complexity index is 1310. The summed E-state index contributed by atoms with van der Waals surface area (Å²) < 4.78 is 21.7. The molecule has 12 heteroatoms. The Labute approximate surface area is 257 Å². The van der Waals surface area contributed by atoms with Crippen LogP contribution in [-0.4, -0.2) is 93.9 Å². The Morgan fingerprint density at radius 1 is 0.932 bits per heavy atom. The summed E-state index contributed by atoms with van der Waals surface area (Å²) in [7, 11) is 3.03. The van der Waals surface area contributed by atoms with Gasteiger partial charge in [0.2, 0.25) is 17.7 Å². The van der Waals surface area contributed by atoms with Crippen molar-refractivity contribution in [1.29, 1.82) is 0 Å². The van der Waals surface area contributed by atoms with Crippen LogP contribution >= 0.6 is 0 Å². The van der Waals surface area contributed by atoms with Crippen LogP contribution in [0.4, 0.5) is 0 Å². The molecule has 3 amide bonds. The molecule has 0 aliphatic carbocycles. The van der Waals surface area contributed by atoms with Crippen molar-refractivity contribution in [2.75, 3.05) is 40.5 Å². The zero-order valence-corrected chi connectivity index (χ0v) is 25.6. The molecule has 2 heterocycles. The van der Waals surface area contributed by atoms with E-state index in [0.29, 0.717) is 30.2 Å². The van der Waals surface area contributed by atoms with E-state index in [2.05, 4.69) is 21.3 Å². The van der Waals surface area contributed by atoms with E-state index in [0.717, 1.165) is 12.1 Å². The van der Waals surface area contributed by atoms with Crippen LogP contribution in [0.2, 0.25) is 0 Å². The number of nitrogens with one attached hydrogen (secondary N) is 4. The summed E-state index contributed by atoms with van der Waals surface area (Å²) in [5.74, 6) is -0.705. The summed E-state index contributed by atoms with van der Waals surface area (Å²) in [6.07, 6.45) is 0.162. The molecule has 0 radical (unpaired) electrons. The predicted octanol–water partition coefficient (Wildman–Crippen LogP) is 0.700. The van der Waals surface area contributed by atoms with Crippen LogP contribution in [0.15, 0.2) is 48.5 Å². The van der Waals surface area contributed by atoms with Gasteiger partial charge >= 0.3 is 0 Å². The van der Waals surface area contributed by atoms with Crippen molar-refractivity contribution in [3.05, 3.63) is 59.7 Å².